The van der Waals surface area contributed by atoms with Crippen molar-refractivity contribution < 1.29 is 31.4 Å². The van der Waals surface area contributed by atoms with Crippen LogP contribution in [0, 0.1) is 0 Å². The number of benzene rings is 1. The Morgan fingerprint density at radius 1 is 1.06 bits per heavy atom. The molecule has 0 bridgehead atoms. The molecule has 31 heavy (non-hydrogen) atoms. The number of aromatic nitrogens is 1. The molecule has 1 unspecified atom stereocenters. The third-order valence-corrected chi connectivity index (χ3v) is 5.38. The number of aliphatic hydroxyl groups excluding tert-OH is 1. The van der Waals surface area contributed by atoms with E-state index < -0.39 is 35.4 Å². The fourth-order valence-electron chi connectivity index (χ4n) is 3.36. The van der Waals surface area contributed by atoms with Crippen LogP contribution in [-0.4, -0.2) is 22.8 Å². The van der Waals surface area contributed by atoms with Gasteiger partial charge < -0.3 is 10.4 Å². The summed E-state index contributed by atoms with van der Waals surface area (Å²) in [6.07, 6.45) is -10.5. The Hall–Kier alpha value is -1.81. The number of aliphatic hydroxyl groups is 1. The molecule has 1 aromatic carbocycles. The molecule has 0 radical (unpaired) electrons. The summed E-state index contributed by atoms with van der Waals surface area (Å²) in [6.45, 7) is -0.0782. The smallest absolute Gasteiger partial charge is 0.387 e. The van der Waals surface area contributed by atoms with Crippen LogP contribution in [0.25, 0.3) is 5.57 Å². The van der Waals surface area contributed by atoms with Crippen LogP contribution in [0.4, 0.5) is 26.3 Å². The fraction of sp³-hybridized carbons (Fsp3) is 0.350. The lowest BCUT2D eigenvalue weighted by Crippen LogP contribution is -2.25. The molecular formula is C20H16Cl2F6N2O. The van der Waals surface area contributed by atoms with Gasteiger partial charge in [-0.1, -0.05) is 29.3 Å². The van der Waals surface area contributed by atoms with Gasteiger partial charge >= 0.3 is 12.4 Å². The highest BCUT2D eigenvalue weighted by Crippen LogP contribution is 2.42. The summed E-state index contributed by atoms with van der Waals surface area (Å²) in [5.41, 5.74) is -3.20. The fourth-order valence-corrected chi connectivity index (χ4v) is 3.74. The molecule has 1 heterocycles. The normalized spacial score (nSPS) is 15.5. The number of pyridine rings is 1. The van der Waals surface area contributed by atoms with Crippen molar-refractivity contribution in [1.29, 1.82) is 0 Å². The van der Waals surface area contributed by atoms with Gasteiger partial charge in [0.2, 0.25) is 0 Å². The SMILES string of the molecule is OC(CNCc1cc(Cl)ccc1Cl)c1cc(C(F)(F)F)nc2c1CCC=C2C(F)(F)F. The van der Waals surface area contributed by atoms with E-state index in [9.17, 15) is 31.4 Å². The van der Waals surface area contributed by atoms with Crippen molar-refractivity contribution in [2.45, 2.75) is 37.8 Å². The van der Waals surface area contributed by atoms with Gasteiger partial charge in [0.15, 0.2) is 0 Å². The van der Waals surface area contributed by atoms with Crippen LogP contribution in [0.1, 0.15) is 40.6 Å². The lowest BCUT2D eigenvalue weighted by atomic mass is 9.88. The molecule has 0 amide bonds. The number of halogens is 8. The third-order valence-electron chi connectivity index (χ3n) is 4.77. The third kappa shape index (κ3) is 5.52. The minimum Gasteiger partial charge on any atom is -0.387 e. The van der Waals surface area contributed by atoms with Crippen LogP contribution >= 0.6 is 23.2 Å². The summed E-state index contributed by atoms with van der Waals surface area (Å²) in [7, 11) is 0. The van der Waals surface area contributed by atoms with Crippen molar-refractivity contribution >= 4 is 28.8 Å². The van der Waals surface area contributed by atoms with E-state index in [1.807, 2.05) is 0 Å². The molecule has 0 saturated heterocycles. The summed E-state index contributed by atoms with van der Waals surface area (Å²) in [5.74, 6) is 0. The number of fused-ring (bicyclic) bond motifs is 1. The van der Waals surface area contributed by atoms with Crippen molar-refractivity contribution in [3.05, 3.63) is 68.5 Å². The maximum absolute atomic E-state index is 13.4. The zero-order chi connectivity index (χ0) is 23.0. The molecule has 0 aliphatic heterocycles. The first-order valence-corrected chi connectivity index (χ1v) is 9.85. The van der Waals surface area contributed by atoms with E-state index in [-0.39, 0.29) is 37.1 Å². The van der Waals surface area contributed by atoms with Gasteiger partial charge in [-0.05, 0) is 53.8 Å². The van der Waals surface area contributed by atoms with Gasteiger partial charge in [-0.2, -0.15) is 26.3 Å². The van der Waals surface area contributed by atoms with Crippen molar-refractivity contribution in [3.8, 4) is 0 Å². The monoisotopic (exact) mass is 484 g/mol. The number of alkyl halides is 6. The first kappa shape index (κ1) is 23.8. The Morgan fingerprint density at radius 2 is 1.77 bits per heavy atom. The maximum Gasteiger partial charge on any atom is 0.433 e. The first-order chi connectivity index (χ1) is 14.4. The van der Waals surface area contributed by atoms with Gasteiger partial charge in [0, 0.05) is 23.1 Å². The Kier molecular flexibility index (Phi) is 6.90. The van der Waals surface area contributed by atoms with Crippen LogP contribution in [0.5, 0.6) is 0 Å². The van der Waals surface area contributed by atoms with Crippen molar-refractivity contribution in [2.24, 2.45) is 0 Å². The molecule has 1 aliphatic rings. The average Bonchev–Trinajstić information content (AvgIpc) is 2.67. The molecule has 1 aromatic heterocycles. The minimum atomic E-state index is -4.97. The Labute approximate surface area is 183 Å². The Bertz CT molecular complexity index is 1000. The molecule has 1 aliphatic carbocycles. The van der Waals surface area contributed by atoms with Crippen LogP contribution in [0.15, 0.2) is 30.3 Å². The molecule has 3 nitrogen and oxygen atoms in total. The summed E-state index contributed by atoms with van der Waals surface area (Å²) in [6, 6.07) is 5.34. The van der Waals surface area contributed by atoms with E-state index in [1.165, 1.54) is 0 Å². The Balaban J connectivity index is 1.91. The second-order valence-electron chi connectivity index (χ2n) is 6.96. The molecule has 0 spiro atoms. The molecule has 11 heteroatoms. The standard InChI is InChI=1S/C20H16Cl2F6N2O/c21-11-4-5-15(22)10(6-11)8-29-9-16(31)13-7-17(20(26,27)28)30-18-12(13)2-1-3-14(18)19(23,24)25/h3-7,16,29,31H,1-2,8-9H2. The largest absolute Gasteiger partial charge is 0.433 e. The molecule has 2 aromatic rings. The molecule has 0 saturated carbocycles. The lowest BCUT2D eigenvalue weighted by molar-refractivity contribution is -0.141. The first-order valence-electron chi connectivity index (χ1n) is 9.09. The highest BCUT2D eigenvalue weighted by atomic mass is 35.5. The second kappa shape index (κ2) is 8.97. The molecule has 168 valence electrons. The minimum absolute atomic E-state index is 0.0276. The van der Waals surface area contributed by atoms with Crippen molar-refractivity contribution in [3.63, 3.8) is 0 Å². The van der Waals surface area contributed by atoms with Crippen LogP contribution < -0.4 is 5.32 Å². The number of rotatable bonds is 5. The number of hydrogen-bond acceptors (Lipinski definition) is 3. The summed E-state index contributed by atoms with van der Waals surface area (Å²) >= 11 is 11.9. The zero-order valence-electron chi connectivity index (χ0n) is 15.7. The van der Waals surface area contributed by atoms with E-state index in [0.717, 1.165) is 6.08 Å². The zero-order valence-corrected chi connectivity index (χ0v) is 17.2. The van der Waals surface area contributed by atoms with E-state index in [4.69, 9.17) is 23.2 Å². The molecule has 3 rings (SSSR count). The van der Waals surface area contributed by atoms with E-state index in [1.54, 1.807) is 18.2 Å². The molecular weight excluding hydrogens is 469 g/mol. The predicted octanol–water partition coefficient (Wildman–Crippen LogP) is 6.12. The van der Waals surface area contributed by atoms with Gasteiger partial charge in [0.05, 0.1) is 17.4 Å². The lowest BCUT2D eigenvalue weighted by Gasteiger charge is -2.25. The number of hydrogen-bond donors (Lipinski definition) is 2. The number of nitrogens with zero attached hydrogens (tertiary/aromatic N) is 1. The number of nitrogens with one attached hydrogen (secondary N) is 1. The van der Waals surface area contributed by atoms with Gasteiger partial charge in [0.1, 0.15) is 5.69 Å². The van der Waals surface area contributed by atoms with Crippen LogP contribution in [0.2, 0.25) is 10.0 Å². The topological polar surface area (TPSA) is 45.1 Å². The van der Waals surface area contributed by atoms with E-state index in [0.29, 0.717) is 21.7 Å². The van der Waals surface area contributed by atoms with Gasteiger partial charge in [0.25, 0.3) is 0 Å². The van der Waals surface area contributed by atoms with Crippen LogP contribution in [-0.2, 0) is 19.1 Å². The number of allylic oxidation sites excluding steroid dienone is 2. The molecule has 0 fully saturated rings. The van der Waals surface area contributed by atoms with E-state index in [2.05, 4.69) is 10.3 Å². The van der Waals surface area contributed by atoms with Gasteiger partial charge in [-0.3, -0.25) is 0 Å². The van der Waals surface area contributed by atoms with Crippen LogP contribution in [0.3, 0.4) is 0 Å². The second-order valence-corrected chi connectivity index (χ2v) is 7.80. The predicted molar refractivity (Wildman–Crippen MR) is 105 cm³/mol. The molecule has 2 N–H and O–H groups in total. The quantitative estimate of drug-likeness (QED) is 0.502. The Morgan fingerprint density at radius 3 is 2.42 bits per heavy atom. The summed E-state index contributed by atoms with van der Waals surface area (Å²) in [4.78, 5) is 3.25. The van der Waals surface area contributed by atoms with Gasteiger partial charge in [-0.15, -0.1) is 0 Å². The molecule has 1 atom stereocenters. The maximum atomic E-state index is 13.4. The highest BCUT2D eigenvalue weighted by molar-refractivity contribution is 6.33. The highest BCUT2D eigenvalue weighted by Gasteiger charge is 2.41. The average molecular weight is 485 g/mol. The summed E-state index contributed by atoms with van der Waals surface area (Å²) < 4.78 is 79.9. The van der Waals surface area contributed by atoms with Gasteiger partial charge in [-0.25, -0.2) is 4.98 Å². The van der Waals surface area contributed by atoms with Crippen molar-refractivity contribution in [2.75, 3.05) is 6.54 Å². The van der Waals surface area contributed by atoms with E-state index >= 15 is 0 Å². The van der Waals surface area contributed by atoms with Crippen molar-refractivity contribution in [1.82, 2.24) is 10.3 Å². The summed E-state index contributed by atoms with van der Waals surface area (Å²) in [5, 5.41) is 14.2.